The van der Waals surface area contributed by atoms with E-state index >= 15 is 0 Å². The van der Waals surface area contributed by atoms with E-state index in [1.54, 1.807) is 42.5 Å². The number of carbonyl (C=O) groups excluding carboxylic acids is 1. The summed E-state index contributed by atoms with van der Waals surface area (Å²) in [7, 11) is 1.73. The van der Waals surface area contributed by atoms with Crippen LogP contribution in [0.2, 0.25) is 0 Å². The van der Waals surface area contributed by atoms with Crippen molar-refractivity contribution >= 4 is 5.91 Å². The van der Waals surface area contributed by atoms with Gasteiger partial charge in [-0.1, -0.05) is 6.07 Å². The summed E-state index contributed by atoms with van der Waals surface area (Å²) in [4.78, 5) is 21.2. The fourth-order valence-electron chi connectivity index (χ4n) is 2.13. The lowest BCUT2D eigenvalue weighted by Gasteiger charge is -2.23. The number of H-pyrrole nitrogens is 1. The molecular formula is C14H15N3O3. The maximum Gasteiger partial charge on any atom is 0.257 e. The molecule has 0 radical (unpaired) electrons. The summed E-state index contributed by atoms with van der Waals surface area (Å²) in [6.07, 6.45) is 3.39. The van der Waals surface area contributed by atoms with Crippen LogP contribution in [0.3, 0.4) is 0 Å². The van der Waals surface area contributed by atoms with Gasteiger partial charge in [-0.25, -0.2) is 4.98 Å². The van der Waals surface area contributed by atoms with Crippen LogP contribution in [0.5, 0.6) is 11.5 Å². The Morgan fingerprint density at radius 1 is 1.40 bits per heavy atom. The van der Waals surface area contributed by atoms with E-state index in [1.807, 2.05) is 0 Å². The highest BCUT2D eigenvalue weighted by Gasteiger charge is 2.22. The van der Waals surface area contributed by atoms with E-state index in [4.69, 9.17) is 9.47 Å². The summed E-state index contributed by atoms with van der Waals surface area (Å²) in [5, 5.41) is 0. The van der Waals surface area contributed by atoms with Crippen molar-refractivity contribution in [3.05, 3.63) is 42.0 Å². The third-order valence-electron chi connectivity index (χ3n) is 3.09. The number of hydrogen-bond donors (Lipinski definition) is 1. The van der Waals surface area contributed by atoms with Crippen molar-refractivity contribution in [2.24, 2.45) is 0 Å². The number of rotatable bonds is 3. The molecule has 1 aromatic heterocycles. The minimum atomic E-state index is -0.122. The molecule has 0 saturated carbocycles. The molecule has 104 valence electrons. The largest absolute Gasteiger partial charge is 0.486 e. The molecule has 6 heteroatoms. The van der Waals surface area contributed by atoms with E-state index in [-0.39, 0.29) is 5.91 Å². The standard InChI is InChI=1S/C14H15N3O3/c1-17(9-12-15-5-6-16-12)14(18)10-3-2-4-11-13(10)20-8-7-19-11/h2-6H,7-9H2,1H3,(H,15,16). The van der Waals surface area contributed by atoms with Crippen LogP contribution < -0.4 is 9.47 Å². The van der Waals surface area contributed by atoms with Crippen molar-refractivity contribution in [3.63, 3.8) is 0 Å². The number of ether oxygens (including phenoxy) is 2. The Kier molecular flexibility index (Phi) is 3.28. The average Bonchev–Trinajstić information content (AvgIpc) is 2.99. The first kappa shape index (κ1) is 12.5. The third kappa shape index (κ3) is 2.32. The number of fused-ring (bicyclic) bond motifs is 1. The smallest absolute Gasteiger partial charge is 0.257 e. The molecule has 0 bridgehead atoms. The van der Waals surface area contributed by atoms with Gasteiger partial charge in [-0.3, -0.25) is 4.79 Å². The molecule has 1 N–H and O–H groups in total. The zero-order valence-electron chi connectivity index (χ0n) is 11.1. The Morgan fingerprint density at radius 2 is 2.25 bits per heavy atom. The first-order chi connectivity index (χ1) is 9.75. The van der Waals surface area contributed by atoms with E-state index in [0.29, 0.717) is 36.8 Å². The van der Waals surface area contributed by atoms with Crippen molar-refractivity contribution in [1.29, 1.82) is 0 Å². The van der Waals surface area contributed by atoms with Gasteiger partial charge in [0, 0.05) is 19.4 Å². The number of carbonyl (C=O) groups is 1. The van der Waals surface area contributed by atoms with Crippen LogP contribution in [0, 0.1) is 0 Å². The molecule has 0 unspecified atom stereocenters. The van der Waals surface area contributed by atoms with Gasteiger partial charge in [-0.05, 0) is 12.1 Å². The van der Waals surface area contributed by atoms with Crippen molar-refractivity contribution in [2.45, 2.75) is 6.54 Å². The number of nitrogens with zero attached hydrogens (tertiary/aromatic N) is 2. The highest BCUT2D eigenvalue weighted by molar-refractivity contribution is 5.97. The number of imidazole rings is 1. The van der Waals surface area contributed by atoms with Crippen LogP contribution in [0.4, 0.5) is 0 Å². The molecule has 1 aliphatic heterocycles. The molecule has 0 aliphatic carbocycles. The van der Waals surface area contributed by atoms with Crippen LogP contribution in [0.15, 0.2) is 30.6 Å². The van der Waals surface area contributed by atoms with Crippen LogP contribution in [0.1, 0.15) is 16.2 Å². The predicted molar refractivity (Wildman–Crippen MR) is 71.8 cm³/mol. The summed E-state index contributed by atoms with van der Waals surface area (Å²) in [6, 6.07) is 5.34. The van der Waals surface area contributed by atoms with Gasteiger partial charge in [0.15, 0.2) is 11.5 Å². The second-order valence-electron chi connectivity index (χ2n) is 4.53. The Hall–Kier alpha value is -2.50. The minimum absolute atomic E-state index is 0.122. The van der Waals surface area contributed by atoms with Crippen molar-refractivity contribution in [3.8, 4) is 11.5 Å². The summed E-state index contributed by atoms with van der Waals surface area (Å²) in [5.41, 5.74) is 0.510. The van der Waals surface area contributed by atoms with Gasteiger partial charge in [-0.15, -0.1) is 0 Å². The second kappa shape index (κ2) is 5.24. The number of aromatic amines is 1. The van der Waals surface area contributed by atoms with E-state index < -0.39 is 0 Å². The van der Waals surface area contributed by atoms with Crippen LogP contribution in [0.25, 0.3) is 0 Å². The minimum Gasteiger partial charge on any atom is -0.486 e. The Labute approximate surface area is 116 Å². The lowest BCUT2D eigenvalue weighted by molar-refractivity contribution is 0.0771. The summed E-state index contributed by atoms with van der Waals surface area (Å²) >= 11 is 0. The molecule has 2 aromatic rings. The molecule has 20 heavy (non-hydrogen) atoms. The van der Waals surface area contributed by atoms with E-state index in [1.165, 1.54) is 0 Å². The van der Waals surface area contributed by atoms with Crippen molar-refractivity contribution in [1.82, 2.24) is 14.9 Å². The Balaban J connectivity index is 1.83. The number of nitrogens with one attached hydrogen (secondary N) is 1. The SMILES string of the molecule is CN(Cc1ncc[nH]1)C(=O)c1cccc2c1OCCO2. The van der Waals surface area contributed by atoms with Gasteiger partial charge >= 0.3 is 0 Å². The molecule has 6 nitrogen and oxygen atoms in total. The maximum atomic E-state index is 12.5. The van der Waals surface area contributed by atoms with Gasteiger partial charge in [0.2, 0.25) is 0 Å². The van der Waals surface area contributed by atoms with Crippen molar-refractivity contribution in [2.75, 3.05) is 20.3 Å². The van der Waals surface area contributed by atoms with Gasteiger partial charge < -0.3 is 19.4 Å². The molecule has 1 amide bonds. The quantitative estimate of drug-likeness (QED) is 0.919. The Morgan fingerprint density at radius 3 is 3.05 bits per heavy atom. The first-order valence-electron chi connectivity index (χ1n) is 6.38. The number of para-hydroxylation sites is 1. The number of aromatic nitrogens is 2. The fourth-order valence-corrected chi connectivity index (χ4v) is 2.13. The van der Waals surface area contributed by atoms with E-state index in [2.05, 4.69) is 9.97 Å². The van der Waals surface area contributed by atoms with Crippen LogP contribution >= 0.6 is 0 Å². The molecular weight excluding hydrogens is 258 g/mol. The zero-order valence-corrected chi connectivity index (χ0v) is 11.1. The highest BCUT2D eigenvalue weighted by Crippen LogP contribution is 2.34. The zero-order chi connectivity index (χ0) is 13.9. The molecule has 2 heterocycles. The lowest BCUT2D eigenvalue weighted by Crippen LogP contribution is -2.28. The first-order valence-corrected chi connectivity index (χ1v) is 6.38. The number of benzene rings is 1. The van der Waals surface area contributed by atoms with Gasteiger partial charge in [0.1, 0.15) is 19.0 Å². The third-order valence-corrected chi connectivity index (χ3v) is 3.09. The lowest BCUT2D eigenvalue weighted by atomic mass is 10.1. The Bertz CT molecular complexity index is 610. The summed E-state index contributed by atoms with van der Waals surface area (Å²) in [6.45, 7) is 1.38. The molecule has 0 saturated heterocycles. The maximum absolute atomic E-state index is 12.5. The molecule has 1 aliphatic rings. The van der Waals surface area contributed by atoms with E-state index in [9.17, 15) is 4.79 Å². The van der Waals surface area contributed by atoms with E-state index in [0.717, 1.165) is 5.82 Å². The van der Waals surface area contributed by atoms with Gasteiger partial charge in [0.05, 0.1) is 12.1 Å². The summed E-state index contributed by atoms with van der Waals surface area (Å²) in [5.74, 6) is 1.76. The monoisotopic (exact) mass is 273 g/mol. The molecule has 0 spiro atoms. The van der Waals surface area contributed by atoms with Gasteiger partial charge in [-0.2, -0.15) is 0 Å². The predicted octanol–water partition coefficient (Wildman–Crippen LogP) is 1.45. The van der Waals surface area contributed by atoms with Crippen LogP contribution in [-0.4, -0.2) is 41.0 Å². The number of hydrogen-bond acceptors (Lipinski definition) is 4. The van der Waals surface area contributed by atoms with Crippen LogP contribution in [-0.2, 0) is 6.54 Å². The highest BCUT2D eigenvalue weighted by atomic mass is 16.6. The topological polar surface area (TPSA) is 67.5 Å². The average molecular weight is 273 g/mol. The molecule has 0 fully saturated rings. The normalized spacial score (nSPS) is 13.1. The summed E-state index contributed by atoms with van der Waals surface area (Å²) < 4.78 is 11.1. The fraction of sp³-hybridized carbons (Fsp3) is 0.286. The molecule has 1 aromatic carbocycles. The van der Waals surface area contributed by atoms with Gasteiger partial charge in [0.25, 0.3) is 5.91 Å². The van der Waals surface area contributed by atoms with Crippen molar-refractivity contribution < 1.29 is 14.3 Å². The molecule has 0 atom stereocenters. The number of amides is 1. The molecule has 3 rings (SSSR count). The second-order valence-corrected chi connectivity index (χ2v) is 4.53.